The van der Waals surface area contributed by atoms with Gasteiger partial charge in [0.15, 0.2) is 5.69 Å². The van der Waals surface area contributed by atoms with Gasteiger partial charge in [0.25, 0.3) is 0 Å². The zero-order chi connectivity index (χ0) is 14.7. The number of ether oxygens (including phenoxy) is 1. The lowest BCUT2D eigenvalue weighted by Crippen LogP contribution is -2.25. The van der Waals surface area contributed by atoms with Crippen LogP contribution in [0.2, 0.25) is 0 Å². The van der Waals surface area contributed by atoms with E-state index < -0.39 is 5.97 Å². The highest BCUT2D eigenvalue weighted by Crippen LogP contribution is 2.27. The van der Waals surface area contributed by atoms with Crippen LogP contribution in [0.5, 0.6) is 0 Å². The van der Waals surface area contributed by atoms with Crippen LogP contribution in [-0.2, 0) is 16.6 Å². The number of esters is 1. The van der Waals surface area contributed by atoms with Gasteiger partial charge in [-0.25, -0.2) is 4.79 Å². The summed E-state index contributed by atoms with van der Waals surface area (Å²) in [5.41, 5.74) is 1.38. The number of methoxy groups -OCH3 is 1. The Morgan fingerprint density at radius 1 is 1.30 bits per heavy atom. The average molecular weight is 279 g/mol. The van der Waals surface area contributed by atoms with Crippen LogP contribution in [0.1, 0.15) is 48.3 Å². The molecule has 0 spiro atoms. The molecule has 1 aromatic rings. The lowest BCUT2D eigenvalue weighted by Gasteiger charge is -2.20. The van der Waals surface area contributed by atoms with E-state index >= 15 is 0 Å². The number of carbonyl (C=O) groups is 2. The van der Waals surface area contributed by atoms with E-state index in [1.165, 1.54) is 13.5 Å². The van der Waals surface area contributed by atoms with E-state index in [-0.39, 0.29) is 17.5 Å². The van der Waals surface area contributed by atoms with Gasteiger partial charge in [0, 0.05) is 13.0 Å². The van der Waals surface area contributed by atoms with Crippen molar-refractivity contribution in [2.75, 3.05) is 12.4 Å². The number of aromatic nitrogens is 2. The zero-order valence-corrected chi connectivity index (χ0v) is 12.2. The van der Waals surface area contributed by atoms with Gasteiger partial charge in [-0.05, 0) is 19.8 Å². The van der Waals surface area contributed by atoms with E-state index in [1.807, 2.05) is 6.92 Å². The summed E-state index contributed by atoms with van der Waals surface area (Å²) in [5, 5.41) is 6.97. The summed E-state index contributed by atoms with van der Waals surface area (Å²) in [6, 6.07) is 0. The maximum atomic E-state index is 12.3. The third kappa shape index (κ3) is 2.84. The van der Waals surface area contributed by atoms with Crippen molar-refractivity contribution < 1.29 is 14.3 Å². The molecule has 110 valence electrons. The van der Waals surface area contributed by atoms with Crippen molar-refractivity contribution in [3.05, 3.63) is 11.4 Å². The first-order chi connectivity index (χ1) is 9.54. The lowest BCUT2D eigenvalue weighted by atomic mass is 9.88. The second-order valence-electron chi connectivity index (χ2n) is 5.25. The Balaban J connectivity index is 2.19. The van der Waals surface area contributed by atoms with Crippen LogP contribution in [0.25, 0.3) is 0 Å². The lowest BCUT2D eigenvalue weighted by molar-refractivity contribution is -0.120. The molecule has 2 rings (SSSR count). The summed E-state index contributed by atoms with van der Waals surface area (Å²) >= 11 is 0. The number of amides is 1. The maximum absolute atomic E-state index is 12.3. The first-order valence-electron chi connectivity index (χ1n) is 6.97. The standard InChI is InChI=1S/C14H21N3O3/c1-9-11(12(14(19)20-3)16-17(9)2)15-13(18)10-7-5-4-6-8-10/h10H,4-8H2,1-3H3,(H,15,18). The minimum absolute atomic E-state index is 0.0223. The van der Waals surface area contributed by atoms with Crippen molar-refractivity contribution in [2.24, 2.45) is 13.0 Å². The van der Waals surface area contributed by atoms with E-state index in [9.17, 15) is 9.59 Å². The molecule has 0 aliphatic heterocycles. The quantitative estimate of drug-likeness (QED) is 0.859. The third-order valence-electron chi connectivity index (χ3n) is 3.94. The maximum Gasteiger partial charge on any atom is 0.360 e. The molecular weight excluding hydrogens is 258 g/mol. The minimum atomic E-state index is -0.535. The summed E-state index contributed by atoms with van der Waals surface area (Å²) < 4.78 is 6.28. The summed E-state index contributed by atoms with van der Waals surface area (Å²) in [5.74, 6) is -0.521. The second kappa shape index (κ2) is 6.07. The number of rotatable bonds is 3. The number of carbonyl (C=O) groups excluding carboxylic acids is 2. The van der Waals surface area contributed by atoms with Gasteiger partial charge in [0.1, 0.15) is 0 Å². The first-order valence-corrected chi connectivity index (χ1v) is 6.97. The Bertz CT molecular complexity index is 516. The highest BCUT2D eigenvalue weighted by molar-refractivity contribution is 6.01. The van der Waals surface area contributed by atoms with Crippen molar-refractivity contribution in [3.63, 3.8) is 0 Å². The largest absolute Gasteiger partial charge is 0.464 e. The van der Waals surface area contributed by atoms with Crippen molar-refractivity contribution in [3.8, 4) is 0 Å². The van der Waals surface area contributed by atoms with Gasteiger partial charge in [0.05, 0.1) is 18.5 Å². The number of anilines is 1. The summed E-state index contributed by atoms with van der Waals surface area (Å²) in [6.07, 6.45) is 5.21. The molecule has 6 heteroatoms. The van der Waals surface area contributed by atoms with E-state index in [0.717, 1.165) is 31.4 Å². The molecule has 1 aliphatic carbocycles. The molecule has 1 heterocycles. The van der Waals surface area contributed by atoms with Crippen molar-refractivity contribution in [1.29, 1.82) is 0 Å². The Morgan fingerprint density at radius 2 is 1.95 bits per heavy atom. The molecule has 0 radical (unpaired) electrons. The number of aryl methyl sites for hydroxylation is 1. The van der Waals surface area contributed by atoms with Gasteiger partial charge >= 0.3 is 5.97 Å². The van der Waals surface area contributed by atoms with Crippen LogP contribution in [0.4, 0.5) is 5.69 Å². The topological polar surface area (TPSA) is 73.2 Å². The fourth-order valence-corrected chi connectivity index (χ4v) is 2.59. The van der Waals surface area contributed by atoms with E-state index in [1.54, 1.807) is 11.7 Å². The molecular formula is C14H21N3O3. The van der Waals surface area contributed by atoms with E-state index in [4.69, 9.17) is 4.74 Å². The SMILES string of the molecule is COC(=O)c1nn(C)c(C)c1NC(=O)C1CCCCC1. The number of nitrogens with zero attached hydrogens (tertiary/aromatic N) is 2. The predicted octanol–water partition coefficient (Wildman–Crippen LogP) is 2.03. The average Bonchev–Trinajstić information content (AvgIpc) is 2.75. The summed E-state index contributed by atoms with van der Waals surface area (Å²) in [7, 11) is 3.04. The zero-order valence-electron chi connectivity index (χ0n) is 12.2. The predicted molar refractivity (Wildman–Crippen MR) is 74.5 cm³/mol. The first kappa shape index (κ1) is 14.6. The van der Waals surface area contributed by atoms with Gasteiger partial charge in [-0.1, -0.05) is 19.3 Å². The molecule has 0 atom stereocenters. The van der Waals surface area contributed by atoms with E-state index in [0.29, 0.717) is 5.69 Å². The molecule has 0 saturated heterocycles. The van der Waals surface area contributed by atoms with Gasteiger partial charge < -0.3 is 10.1 Å². The van der Waals surface area contributed by atoms with Crippen LogP contribution in [0, 0.1) is 12.8 Å². The Hall–Kier alpha value is -1.85. The molecule has 0 bridgehead atoms. The minimum Gasteiger partial charge on any atom is -0.464 e. The van der Waals surface area contributed by atoms with Gasteiger partial charge in [-0.3, -0.25) is 9.48 Å². The molecule has 1 aliphatic rings. The number of hydrogen-bond donors (Lipinski definition) is 1. The van der Waals surface area contributed by atoms with Crippen molar-refractivity contribution >= 4 is 17.6 Å². The highest BCUT2D eigenvalue weighted by Gasteiger charge is 2.26. The van der Waals surface area contributed by atoms with Crippen molar-refractivity contribution in [2.45, 2.75) is 39.0 Å². The second-order valence-corrected chi connectivity index (χ2v) is 5.25. The molecule has 0 aromatic carbocycles. The van der Waals surface area contributed by atoms with Crippen LogP contribution >= 0.6 is 0 Å². The molecule has 1 aromatic heterocycles. The number of nitrogens with one attached hydrogen (secondary N) is 1. The molecule has 1 fully saturated rings. The van der Waals surface area contributed by atoms with Crippen LogP contribution in [0.15, 0.2) is 0 Å². The summed E-state index contributed by atoms with van der Waals surface area (Å²) in [4.78, 5) is 24.0. The van der Waals surface area contributed by atoms with Gasteiger partial charge in [-0.15, -0.1) is 0 Å². The van der Waals surface area contributed by atoms with E-state index in [2.05, 4.69) is 10.4 Å². The fraction of sp³-hybridized carbons (Fsp3) is 0.643. The molecule has 6 nitrogen and oxygen atoms in total. The normalized spacial score (nSPS) is 15.9. The van der Waals surface area contributed by atoms with Crippen LogP contribution in [-0.4, -0.2) is 28.8 Å². The smallest absolute Gasteiger partial charge is 0.360 e. The molecule has 1 N–H and O–H groups in total. The fourth-order valence-electron chi connectivity index (χ4n) is 2.59. The van der Waals surface area contributed by atoms with Crippen LogP contribution in [0.3, 0.4) is 0 Å². The number of hydrogen-bond acceptors (Lipinski definition) is 4. The monoisotopic (exact) mass is 279 g/mol. The Morgan fingerprint density at radius 3 is 2.55 bits per heavy atom. The Kier molecular flexibility index (Phi) is 4.42. The van der Waals surface area contributed by atoms with Gasteiger partial charge in [0.2, 0.25) is 5.91 Å². The molecule has 1 amide bonds. The summed E-state index contributed by atoms with van der Waals surface area (Å²) in [6.45, 7) is 1.82. The van der Waals surface area contributed by atoms with Gasteiger partial charge in [-0.2, -0.15) is 5.10 Å². The molecule has 1 saturated carbocycles. The molecule has 0 unspecified atom stereocenters. The van der Waals surface area contributed by atoms with Crippen molar-refractivity contribution in [1.82, 2.24) is 9.78 Å². The highest BCUT2D eigenvalue weighted by atomic mass is 16.5. The van der Waals surface area contributed by atoms with Crippen LogP contribution < -0.4 is 5.32 Å². The third-order valence-corrected chi connectivity index (χ3v) is 3.94. The Labute approximate surface area is 118 Å². The molecule has 20 heavy (non-hydrogen) atoms.